The van der Waals surface area contributed by atoms with Crippen molar-refractivity contribution in [2.75, 3.05) is 5.73 Å². The summed E-state index contributed by atoms with van der Waals surface area (Å²) in [5.41, 5.74) is 11.4. The molecule has 0 aromatic carbocycles. The Morgan fingerprint density at radius 2 is 2.00 bits per heavy atom. The fourth-order valence-electron chi connectivity index (χ4n) is 2.57. The number of carbonyl (C=O) groups is 1. The first-order chi connectivity index (χ1) is 12.6. The summed E-state index contributed by atoms with van der Waals surface area (Å²) < 4.78 is 40.4. The Bertz CT molecular complexity index is 1030. The summed E-state index contributed by atoms with van der Waals surface area (Å²) in [6.45, 7) is 1.74. The number of nitrogen functional groups attached to an aromatic ring is 1. The number of hydrogen-bond acceptors (Lipinski definition) is 6. The van der Waals surface area contributed by atoms with Crippen molar-refractivity contribution in [2.24, 2.45) is 12.8 Å². The number of primary amides is 1. The molecule has 0 saturated heterocycles. The lowest BCUT2D eigenvalue weighted by molar-refractivity contribution is -0.141. The number of alkyl halides is 3. The Labute approximate surface area is 156 Å². The number of halogens is 3. The average Bonchev–Trinajstić information content (AvgIpc) is 2.90. The van der Waals surface area contributed by atoms with Crippen LogP contribution >= 0.6 is 11.8 Å². The molecule has 1 atom stereocenters. The van der Waals surface area contributed by atoms with Crippen molar-refractivity contribution in [1.29, 1.82) is 0 Å². The molecule has 1 unspecified atom stereocenters. The molecule has 3 heterocycles. The van der Waals surface area contributed by atoms with Crippen LogP contribution in [-0.2, 0) is 13.2 Å². The van der Waals surface area contributed by atoms with E-state index in [0.29, 0.717) is 28.2 Å². The van der Waals surface area contributed by atoms with Crippen LogP contribution in [0.25, 0.3) is 10.9 Å². The van der Waals surface area contributed by atoms with Crippen LogP contribution in [0.3, 0.4) is 0 Å². The van der Waals surface area contributed by atoms with E-state index in [9.17, 15) is 18.0 Å². The minimum atomic E-state index is -4.62. The second-order valence-corrected chi connectivity index (χ2v) is 7.17. The Morgan fingerprint density at radius 3 is 2.63 bits per heavy atom. The van der Waals surface area contributed by atoms with E-state index in [0.717, 1.165) is 11.8 Å². The number of aryl methyl sites for hydroxylation is 1. The third-order valence-corrected chi connectivity index (χ3v) is 4.87. The van der Waals surface area contributed by atoms with E-state index < -0.39 is 23.0 Å². The lowest BCUT2D eigenvalue weighted by Crippen LogP contribution is -2.11. The molecule has 0 aliphatic carbocycles. The number of amides is 1. The van der Waals surface area contributed by atoms with Gasteiger partial charge in [-0.1, -0.05) is 11.8 Å². The molecule has 0 aliphatic rings. The van der Waals surface area contributed by atoms with Crippen LogP contribution in [0.4, 0.5) is 19.0 Å². The molecule has 0 radical (unpaired) electrons. The molecule has 0 saturated carbocycles. The zero-order chi connectivity index (χ0) is 19.9. The van der Waals surface area contributed by atoms with Gasteiger partial charge >= 0.3 is 6.18 Å². The minimum absolute atomic E-state index is 0.111. The van der Waals surface area contributed by atoms with Gasteiger partial charge < -0.3 is 16.0 Å². The van der Waals surface area contributed by atoms with Gasteiger partial charge in [-0.25, -0.2) is 9.97 Å². The molecule has 1 amide bonds. The van der Waals surface area contributed by atoms with Crippen LogP contribution in [0.2, 0.25) is 0 Å². The molecule has 4 N–H and O–H groups in total. The van der Waals surface area contributed by atoms with E-state index >= 15 is 0 Å². The number of carbonyl (C=O) groups excluding carboxylic acids is 1. The first kappa shape index (κ1) is 19.0. The maximum atomic E-state index is 12.9. The maximum Gasteiger partial charge on any atom is 0.433 e. The lowest BCUT2D eigenvalue weighted by Gasteiger charge is -2.12. The number of rotatable bonds is 4. The SMILES string of the molecule is CC(Sc1nc(N)cc(C(F)(F)F)n1)c1cc2c(C(N)=O)cn(C)c2cn1. The van der Waals surface area contributed by atoms with Crippen molar-refractivity contribution in [3.05, 3.63) is 41.5 Å². The molecule has 7 nitrogen and oxygen atoms in total. The number of pyridine rings is 1. The van der Waals surface area contributed by atoms with Crippen molar-refractivity contribution >= 4 is 34.4 Å². The van der Waals surface area contributed by atoms with Gasteiger partial charge in [0.05, 0.1) is 28.2 Å². The summed E-state index contributed by atoms with van der Waals surface area (Å²) in [5, 5.41) is 0.116. The van der Waals surface area contributed by atoms with Crippen LogP contribution in [0.5, 0.6) is 0 Å². The second-order valence-electron chi connectivity index (χ2n) is 5.86. The maximum absolute atomic E-state index is 12.9. The fourth-order valence-corrected chi connectivity index (χ4v) is 3.45. The van der Waals surface area contributed by atoms with Gasteiger partial charge in [0.25, 0.3) is 5.91 Å². The number of aromatic nitrogens is 4. The number of anilines is 1. The molecule has 0 bridgehead atoms. The first-order valence-electron chi connectivity index (χ1n) is 7.69. The standard InChI is InChI=1S/C16H15F3N6OS/c1-7(27-15-23-12(16(17,18)19)4-13(20)24-15)10-3-8-9(14(21)26)6-25(2)11(8)5-22-10/h3-7H,1-2H3,(H2,21,26)(H2,20,23,24). The van der Waals surface area contributed by atoms with Crippen LogP contribution in [-0.4, -0.2) is 25.4 Å². The van der Waals surface area contributed by atoms with Crippen molar-refractivity contribution < 1.29 is 18.0 Å². The topological polar surface area (TPSA) is 113 Å². The quantitative estimate of drug-likeness (QED) is 0.518. The van der Waals surface area contributed by atoms with E-state index in [1.165, 1.54) is 0 Å². The summed E-state index contributed by atoms with van der Waals surface area (Å²) >= 11 is 0.983. The Hall–Kier alpha value is -2.82. The van der Waals surface area contributed by atoms with Gasteiger partial charge in [0.1, 0.15) is 5.82 Å². The Balaban J connectivity index is 1.95. The fraction of sp³-hybridized carbons (Fsp3) is 0.250. The number of fused-ring (bicyclic) bond motifs is 1. The molecule has 3 rings (SSSR count). The summed E-state index contributed by atoms with van der Waals surface area (Å²) in [6, 6.07) is 2.37. The molecular weight excluding hydrogens is 381 g/mol. The third-order valence-electron chi connectivity index (χ3n) is 3.88. The molecule has 11 heteroatoms. The highest BCUT2D eigenvalue weighted by atomic mass is 32.2. The summed E-state index contributed by atoms with van der Waals surface area (Å²) in [7, 11) is 1.76. The molecule has 27 heavy (non-hydrogen) atoms. The van der Waals surface area contributed by atoms with E-state index in [-0.39, 0.29) is 11.0 Å². The van der Waals surface area contributed by atoms with Crippen molar-refractivity contribution in [2.45, 2.75) is 23.5 Å². The highest BCUT2D eigenvalue weighted by Crippen LogP contribution is 2.36. The van der Waals surface area contributed by atoms with Gasteiger partial charge in [0.2, 0.25) is 0 Å². The van der Waals surface area contributed by atoms with Gasteiger partial charge in [0, 0.05) is 24.7 Å². The van der Waals surface area contributed by atoms with Crippen LogP contribution in [0, 0.1) is 0 Å². The van der Waals surface area contributed by atoms with Crippen molar-refractivity contribution in [3.63, 3.8) is 0 Å². The highest BCUT2D eigenvalue weighted by molar-refractivity contribution is 7.99. The van der Waals surface area contributed by atoms with Crippen LogP contribution < -0.4 is 11.5 Å². The normalized spacial score (nSPS) is 13.1. The van der Waals surface area contributed by atoms with Crippen LogP contribution in [0.1, 0.15) is 33.9 Å². The van der Waals surface area contributed by atoms with Gasteiger partial charge in [0.15, 0.2) is 10.9 Å². The molecule has 0 fully saturated rings. The predicted molar refractivity (Wildman–Crippen MR) is 95.0 cm³/mol. The number of nitrogens with zero attached hydrogens (tertiary/aromatic N) is 4. The number of hydrogen-bond donors (Lipinski definition) is 2. The summed E-state index contributed by atoms with van der Waals surface area (Å²) in [6.07, 6.45) is -1.43. The molecule has 3 aromatic rings. The second kappa shape index (κ2) is 6.72. The van der Waals surface area contributed by atoms with E-state index in [1.807, 2.05) is 0 Å². The number of thioether (sulfide) groups is 1. The van der Waals surface area contributed by atoms with Gasteiger partial charge in [-0.15, -0.1) is 0 Å². The van der Waals surface area contributed by atoms with E-state index in [1.54, 1.807) is 37.0 Å². The Morgan fingerprint density at radius 1 is 1.30 bits per heavy atom. The van der Waals surface area contributed by atoms with E-state index in [4.69, 9.17) is 11.5 Å². The lowest BCUT2D eigenvalue weighted by atomic mass is 10.1. The average molecular weight is 396 g/mol. The summed E-state index contributed by atoms with van der Waals surface area (Å²) in [4.78, 5) is 23.3. The first-order valence-corrected chi connectivity index (χ1v) is 8.57. The minimum Gasteiger partial charge on any atom is -0.384 e. The zero-order valence-electron chi connectivity index (χ0n) is 14.3. The Kier molecular flexibility index (Phi) is 4.72. The largest absolute Gasteiger partial charge is 0.433 e. The zero-order valence-corrected chi connectivity index (χ0v) is 15.1. The molecule has 0 aliphatic heterocycles. The molecule has 142 valence electrons. The van der Waals surface area contributed by atoms with Gasteiger partial charge in [-0.3, -0.25) is 9.78 Å². The number of nitrogens with two attached hydrogens (primary N) is 2. The van der Waals surface area contributed by atoms with Gasteiger partial charge in [-0.2, -0.15) is 13.2 Å². The monoisotopic (exact) mass is 396 g/mol. The van der Waals surface area contributed by atoms with Gasteiger partial charge in [-0.05, 0) is 13.0 Å². The smallest absolute Gasteiger partial charge is 0.384 e. The van der Waals surface area contributed by atoms with Crippen molar-refractivity contribution in [1.82, 2.24) is 19.5 Å². The summed E-state index contributed by atoms with van der Waals surface area (Å²) in [5.74, 6) is -0.846. The van der Waals surface area contributed by atoms with Crippen molar-refractivity contribution in [3.8, 4) is 0 Å². The molecular formula is C16H15F3N6OS. The predicted octanol–water partition coefficient (Wildman–Crippen LogP) is 2.92. The molecule has 3 aromatic heterocycles. The van der Waals surface area contributed by atoms with Crippen LogP contribution in [0.15, 0.2) is 29.7 Å². The highest BCUT2D eigenvalue weighted by Gasteiger charge is 2.33. The molecule has 0 spiro atoms. The van der Waals surface area contributed by atoms with E-state index in [2.05, 4.69) is 15.0 Å². The third kappa shape index (κ3) is 3.82.